The Balaban J connectivity index is 2.01. The molecule has 0 bridgehead atoms. The van der Waals surface area contributed by atoms with E-state index in [1.165, 1.54) is 11.0 Å². The number of hydrogen-bond acceptors (Lipinski definition) is 5. The van der Waals surface area contributed by atoms with Crippen LogP contribution in [-0.4, -0.2) is 39.9 Å². The van der Waals surface area contributed by atoms with Crippen molar-refractivity contribution in [3.63, 3.8) is 0 Å². The van der Waals surface area contributed by atoms with E-state index in [-0.39, 0.29) is 5.76 Å². The first-order valence-corrected chi connectivity index (χ1v) is 5.75. The number of piperidine rings is 1. The molecule has 1 saturated heterocycles. The van der Waals surface area contributed by atoms with Crippen LogP contribution in [-0.2, 0) is 4.79 Å². The van der Waals surface area contributed by atoms with Gasteiger partial charge in [0.25, 0.3) is 5.91 Å². The average molecular weight is 268 g/mol. The molecule has 1 aromatic rings. The molecule has 2 rings (SSSR count). The van der Waals surface area contributed by atoms with Crippen LogP contribution in [0.25, 0.3) is 0 Å². The van der Waals surface area contributed by atoms with Crippen molar-refractivity contribution in [1.29, 1.82) is 0 Å². The minimum atomic E-state index is -0.860. The van der Waals surface area contributed by atoms with E-state index in [1.807, 2.05) is 0 Å². The lowest BCUT2D eigenvalue weighted by Crippen LogP contribution is -2.40. The van der Waals surface area contributed by atoms with Crippen LogP contribution in [0.2, 0.25) is 0 Å². The van der Waals surface area contributed by atoms with Crippen molar-refractivity contribution in [2.24, 2.45) is 5.92 Å². The third-order valence-electron chi connectivity index (χ3n) is 3.11. The fourth-order valence-electron chi connectivity index (χ4n) is 2.03. The van der Waals surface area contributed by atoms with E-state index in [0.29, 0.717) is 25.9 Å². The minimum absolute atomic E-state index is 0.0968. The zero-order chi connectivity index (χ0) is 14.0. The molecule has 0 radical (unpaired) electrons. The number of aliphatic carboxylic acids is 1. The summed E-state index contributed by atoms with van der Waals surface area (Å²) in [4.78, 5) is 33.9. The molecule has 1 aliphatic rings. The van der Waals surface area contributed by atoms with Gasteiger partial charge in [-0.1, -0.05) is 0 Å². The van der Waals surface area contributed by atoms with Crippen molar-refractivity contribution in [2.45, 2.75) is 12.8 Å². The van der Waals surface area contributed by atoms with E-state index in [1.54, 1.807) is 0 Å². The van der Waals surface area contributed by atoms with Gasteiger partial charge in [-0.05, 0) is 18.9 Å². The molecule has 0 unspecified atom stereocenters. The zero-order valence-electron chi connectivity index (χ0n) is 9.94. The summed E-state index contributed by atoms with van der Waals surface area (Å²) in [6, 6.07) is 2.38. The summed E-state index contributed by atoms with van der Waals surface area (Å²) in [5.74, 6) is -2.32. The van der Waals surface area contributed by atoms with Gasteiger partial charge < -0.3 is 14.4 Å². The minimum Gasteiger partial charge on any atom is -0.481 e. The molecule has 2 heterocycles. The smallest absolute Gasteiger partial charge is 0.433 e. The number of amides is 1. The highest BCUT2D eigenvalue weighted by Gasteiger charge is 2.29. The molecule has 19 heavy (non-hydrogen) atoms. The van der Waals surface area contributed by atoms with E-state index < -0.39 is 28.6 Å². The Kier molecular flexibility index (Phi) is 3.50. The fourth-order valence-corrected chi connectivity index (χ4v) is 2.03. The van der Waals surface area contributed by atoms with Gasteiger partial charge in [-0.25, -0.2) is 0 Å². The molecule has 1 amide bonds. The molecule has 0 saturated carbocycles. The topological polar surface area (TPSA) is 114 Å². The summed E-state index contributed by atoms with van der Waals surface area (Å²) in [6.07, 6.45) is 0.758. The lowest BCUT2D eigenvalue weighted by Gasteiger charge is -2.29. The molecular weight excluding hydrogens is 256 g/mol. The Labute approximate surface area is 107 Å². The standard InChI is InChI=1S/C11H12N2O6/c14-10(8-1-2-9(19-8)13(17)18)12-5-3-7(4-6-12)11(15)16/h1-2,7H,3-6H2,(H,15,16). The van der Waals surface area contributed by atoms with Gasteiger partial charge in [-0.3, -0.25) is 19.7 Å². The van der Waals surface area contributed by atoms with Crippen molar-refractivity contribution in [2.75, 3.05) is 13.1 Å². The summed E-state index contributed by atoms with van der Waals surface area (Å²) in [5.41, 5.74) is 0. The number of carbonyl (C=O) groups is 2. The summed E-state index contributed by atoms with van der Waals surface area (Å²) in [5, 5.41) is 19.3. The van der Waals surface area contributed by atoms with E-state index in [9.17, 15) is 19.7 Å². The Morgan fingerprint density at radius 2 is 2.00 bits per heavy atom. The third kappa shape index (κ3) is 2.72. The highest BCUT2D eigenvalue weighted by molar-refractivity contribution is 5.92. The predicted octanol–water partition coefficient (Wildman–Crippen LogP) is 1.12. The number of furan rings is 1. The number of rotatable bonds is 3. The van der Waals surface area contributed by atoms with Gasteiger partial charge >= 0.3 is 11.9 Å². The molecule has 0 aliphatic carbocycles. The van der Waals surface area contributed by atoms with E-state index in [4.69, 9.17) is 9.52 Å². The van der Waals surface area contributed by atoms with Crippen LogP contribution in [0.1, 0.15) is 23.4 Å². The molecule has 0 spiro atoms. The first-order valence-electron chi connectivity index (χ1n) is 5.75. The van der Waals surface area contributed by atoms with Crippen molar-refractivity contribution < 1.29 is 24.0 Å². The lowest BCUT2D eigenvalue weighted by molar-refractivity contribution is -0.402. The molecule has 8 nitrogen and oxygen atoms in total. The molecule has 102 valence electrons. The predicted molar refractivity (Wildman–Crippen MR) is 61.6 cm³/mol. The molecule has 1 aromatic heterocycles. The van der Waals surface area contributed by atoms with E-state index in [0.717, 1.165) is 6.07 Å². The number of likely N-dealkylation sites (tertiary alicyclic amines) is 1. The Morgan fingerprint density at radius 3 is 2.47 bits per heavy atom. The van der Waals surface area contributed by atoms with Crippen molar-refractivity contribution >= 4 is 17.8 Å². The first-order chi connectivity index (χ1) is 8.99. The van der Waals surface area contributed by atoms with E-state index in [2.05, 4.69) is 0 Å². The second kappa shape index (κ2) is 5.09. The average Bonchev–Trinajstić information content (AvgIpc) is 2.87. The lowest BCUT2D eigenvalue weighted by atomic mass is 9.97. The Bertz CT molecular complexity index is 515. The highest BCUT2D eigenvalue weighted by Crippen LogP contribution is 2.21. The number of carboxylic acids is 1. The molecular formula is C11H12N2O6. The van der Waals surface area contributed by atoms with Crippen LogP contribution in [0.3, 0.4) is 0 Å². The molecule has 1 fully saturated rings. The summed E-state index contributed by atoms with van der Waals surface area (Å²) in [7, 11) is 0. The van der Waals surface area contributed by atoms with Gasteiger partial charge in [0.15, 0.2) is 5.76 Å². The zero-order valence-corrected chi connectivity index (χ0v) is 9.94. The van der Waals surface area contributed by atoms with Crippen molar-refractivity contribution in [3.05, 3.63) is 28.0 Å². The van der Waals surface area contributed by atoms with Crippen LogP contribution in [0, 0.1) is 16.0 Å². The summed E-state index contributed by atoms with van der Waals surface area (Å²) in [6.45, 7) is 0.620. The quantitative estimate of drug-likeness (QED) is 0.649. The van der Waals surface area contributed by atoms with Gasteiger partial charge in [0.05, 0.1) is 12.0 Å². The number of carbonyl (C=O) groups excluding carboxylic acids is 1. The van der Waals surface area contributed by atoms with Crippen LogP contribution in [0.4, 0.5) is 5.88 Å². The van der Waals surface area contributed by atoms with Gasteiger partial charge in [-0.15, -0.1) is 0 Å². The fraction of sp³-hybridized carbons (Fsp3) is 0.455. The van der Waals surface area contributed by atoms with Crippen LogP contribution >= 0.6 is 0 Å². The normalized spacial score (nSPS) is 16.3. The Hall–Kier alpha value is -2.38. The molecule has 0 atom stereocenters. The molecule has 8 heteroatoms. The maximum Gasteiger partial charge on any atom is 0.433 e. The van der Waals surface area contributed by atoms with Crippen molar-refractivity contribution in [1.82, 2.24) is 4.90 Å². The van der Waals surface area contributed by atoms with Crippen LogP contribution in [0.5, 0.6) is 0 Å². The van der Waals surface area contributed by atoms with Gasteiger partial charge in [0.1, 0.15) is 4.92 Å². The maximum atomic E-state index is 12.0. The highest BCUT2D eigenvalue weighted by atomic mass is 16.6. The molecule has 1 N–H and O–H groups in total. The van der Waals surface area contributed by atoms with E-state index >= 15 is 0 Å². The SMILES string of the molecule is O=C(O)C1CCN(C(=O)c2ccc([N+](=O)[O-])o2)CC1. The van der Waals surface area contributed by atoms with Crippen molar-refractivity contribution in [3.8, 4) is 0 Å². The molecule has 1 aliphatic heterocycles. The largest absolute Gasteiger partial charge is 0.481 e. The number of nitro groups is 1. The van der Waals surface area contributed by atoms with Gasteiger partial charge in [-0.2, -0.15) is 0 Å². The number of carboxylic acid groups (broad SMARTS) is 1. The summed E-state index contributed by atoms with van der Waals surface area (Å²) >= 11 is 0. The second-order valence-corrected chi connectivity index (χ2v) is 4.30. The number of nitrogens with zero attached hydrogens (tertiary/aromatic N) is 2. The third-order valence-corrected chi connectivity index (χ3v) is 3.11. The summed E-state index contributed by atoms with van der Waals surface area (Å²) < 4.78 is 4.83. The Morgan fingerprint density at radius 1 is 1.37 bits per heavy atom. The molecule has 0 aromatic carbocycles. The maximum absolute atomic E-state index is 12.0. The second-order valence-electron chi connectivity index (χ2n) is 4.30. The van der Waals surface area contributed by atoms with Gasteiger partial charge in [0, 0.05) is 13.1 Å². The first kappa shape index (κ1) is 13.1. The van der Waals surface area contributed by atoms with Crippen LogP contribution in [0.15, 0.2) is 16.5 Å². The number of hydrogen-bond donors (Lipinski definition) is 1. The van der Waals surface area contributed by atoms with Gasteiger partial charge in [0.2, 0.25) is 0 Å². The van der Waals surface area contributed by atoms with Crippen LogP contribution < -0.4 is 0 Å². The monoisotopic (exact) mass is 268 g/mol.